The molecule has 0 spiro atoms. The van der Waals surface area contributed by atoms with Crippen molar-refractivity contribution in [3.63, 3.8) is 0 Å². The van der Waals surface area contributed by atoms with E-state index in [0.717, 1.165) is 11.1 Å². The highest BCUT2D eigenvalue weighted by Crippen LogP contribution is 2.23. The highest BCUT2D eigenvalue weighted by Gasteiger charge is 2.18. The van der Waals surface area contributed by atoms with Gasteiger partial charge in [0.15, 0.2) is 6.29 Å². The van der Waals surface area contributed by atoms with Crippen LogP contribution in [0.3, 0.4) is 0 Å². The SMILES string of the molecule is O=C(O)NCc1cccc(C2OCCO2)c1. The van der Waals surface area contributed by atoms with E-state index in [9.17, 15) is 4.79 Å². The molecule has 1 fully saturated rings. The largest absolute Gasteiger partial charge is 0.465 e. The maximum Gasteiger partial charge on any atom is 0.404 e. The van der Waals surface area contributed by atoms with Gasteiger partial charge in [-0.3, -0.25) is 0 Å². The lowest BCUT2D eigenvalue weighted by atomic mass is 10.1. The van der Waals surface area contributed by atoms with Gasteiger partial charge in [0.25, 0.3) is 0 Å². The summed E-state index contributed by atoms with van der Waals surface area (Å²) in [6.45, 7) is 1.49. The van der Waals surface area contributed by atoms with Crippen LogP contribution in [0.2, 0.25) is 0 Å². The Labute approximate surface area is 93.0 Å². The van der Waals surface area contributed by atoms with E-state index in [-0.39, 0.29) is 12.8 Å². The van der Waals surface area contributed by atoms with Crippen molar-refractivity contribution in [2.45, 2.75) is 12.8 Å². The van der Waals surface area contributed by atoms with Crippen LogP contribution in [0.1, 0.15) is 17.4 Å². The summed E-state index contributed by atoms with van der Waals surface area (Å²) in [7, 11) is 0. The highest BCUT2D eigenvalue weighted by molar-refractivity contribution is 5.64. The lowest BCUT2D eigenvalue weighted by Gasteiger charge is -2.10. The topological polar surface area (TPSA) is 67.8 Å². The first-order valence-electron chi connectivity index (χ1n) is 5.04. The first kappa shape index (κ1) is 10.9. The van der Waals surface area contributed by atoms with Gasteiger partial charge in [-0.05, 0) is 11.6 Å². The molecule has 86 valence electrons. The highest BCUT2D eigenvalue weighted by atomic mass is 16.7. The first-order valence-corrected chi connectivity index (χ1v) is 5.04. The van der Waals surface area contributed by atoms with Gasteiger partial charge in [0, 0.05) is 12.1 Å². The molecule has 5 heteroatoms. The number of carboxylic acid groups (broad SMARTS) is 1. The Hall–Kier alpha value is -1.59. The number of hydrogen-bond donors (Lipinski definition) is 2. The Balaban J connectivity index is 2.03. The van der Waals surface area contributed by atoms with Crippen LogP contribution in [0.4, 0.5) is 4.79 Å². The van der Waals surface area contributed by atoms with E-state index in [4.69, 9.17) is 14.6 Å². The molecular weight excluding hydrogens is 210 g/mol. The molecule has 1 amide bonds. The average Bonchev–Trinajstić information content (AvgIpc) is 2.80. The Morgan fingerprint density at radius 3 is 2.88 bits per heavy atom. The zero-order valence-electron chi connectivity index (χ0n) is 8.68. The summed E-state index contributed by atoms with van der Waals surface area (Å²) in [4.78, 5) is 10.4. The molecule has 1 saturated heterocycles. The predicted octanol–water partition coefficient (Wildman–Crippen LogP) is 1.50. The average molecular weight is 223 g/mol. The van der Waals surface area contributed by atoms with Crippen LogP contribution in [0.15, 0.2) is 24.3 Å². The maximum absolute atomic E-state index is 10.4. The second-order valence-corrected chi connectivity index (χ2v) is 3.48. The Morgan fingerprint density at radius 2 is 2.19 bits per heavy atom. The summed E-state index contributed by atoms with van der Waals surface area (Å²) in [6.07, 6.45) is -1.34. The van der Waals surface area contributed by atoms with Crippen molar-refractivity contribution in [1.82, 2.24) is 5.32 Å². The van der Waals surface area contributed by atoms with E-state index >= 15 is 0 Å². The van der Waals surface area contributed by atoms with Gasteiger partial charge in [-0.15, -0.1) is 0 Å². The fourth-order valence-electron chi connectivity index (χ4n) is 1.58. The molecule has 1 heterocycles. The molecule has 0 aromatic heterocycles. The molecule has 0 saturated carbocycles. The van der Waals surface area contributed by atoms with Crippen LogP contribution in [0, 0.1) is 0 Å². The molecule has 2 N–H and O–H groups in total. The van der Waals surface area contributed by atoms with E-state index in [2.05, 4.69) is 5.32 Å². The van der Waals surface area contributed by atoms with Gasteiger partial charge in [0.2, 0.25) is 0 Å². The van der Waals surface area contributed by atoms with Crippen molar-refractivity contribution in [3.8, 4) is 0 Å². The molecule has 0 radical (unpaired) electrons. The number of carbonyl (C=O) groups is 1. The lowest BCUT2D eigenvalue weighted by Crippen LogP contribution is -2.20. The molecule has 2 rings (SSSR count). The zero-order chi connectivity index (χ0) is 11.4. The quantitative estimate of drug-likeness (QED) is 0.814. The van der Waals surface area contributed by atoms with Crippen molar-refractivity contribution >= 4 is 6.09 Å². The third kappa shape index (κ3) is 2.71. The molecule has 0 aliphatic carbocycles. The molecule has 1 aromatic carbocycles. The van der Waals surface area contributed by atoms with Crippen molar-refractivity contribution in [1.29, 1.82) is 0 Å². The van der Waals surface area contributed by atoms with Crippen molar-refractivity contribution in [3.05, 3.63) is 35.4 Å². The van der Waals surface area contributed by atoms with Crippen LogP contribution >= 0.6 is 0 Å². The minimum absolute atomic E-state index is 0.288. The van der Waals surface area contributed by atoms with Gasteiger partial charge in [-0.2, -0.15) is 0 Å². The van der Waals surface area contributed by atoms with Crippen LogP contribution < -0.4 is 5.32 Å². The standard InChI is InChI=1S/C11H13NO4/c13-11(14)12-7-8-2-1-3-9(6-8)10-15-4-5-16-10/h1-3,6,10,12H,4-5,7H2,(H,13,14). The van der Waals surface area contributed by atoms with E-state index in [1.807, 2.05) is 24.3 Å². The summed E-state index contributed by atoms with van der Waals surface area (Å²) in [5, 5.41) is 10.8. The lowest BCUT2D eigenvalue weighted by molar-refractivity contribution is -0.0441. The maximum atomic E-state index is 10.4. The van der Waals surface area contributed by atoms with Crippen LogP contribution in [0.5, 0.6) is 0 Å². The van der Waals surface area contributed by atoms with Gasteiger partial charge in [0.05, 0.1) is 13.2 Å². The summed E-state index contributed by atoms with van der Waals surface area (Å²) in [5.41, 5.74) is 1.81. The van der Waals surface area contributed by atoms with Crippen molar-refractivity contribution in [2.75, 3.05) is 13.2 Å². The summed E-state index contributed by atoms with van der Waals surface area (Å²) in [6, 6.07) is 7.50. The number of nitrogens with one attached hydrogen (secondary N) is 1. The van der Waals surface area contributed by atoms with Crippen LogP contribution in [0.25, 0.3) is 0 Å². The Bertz CT molecular complexity index is 374. The van der Waals surface area contributed by atoms with Crippen LogP contribution in [-0.2, 0) is 16.0 Å². The number of ether oxygens (including phenoxy) is 2. The van der Waals surface area contributed by atoms with Crippen molar-refractivity contribution < 1.29 is 19.4 Å². The van der Waals surface area contributed by atoms with Crippen LogP contribution in [-0.4, -0.2) is 24.4 Å². The monoisotopic (exact) mass is 223 g/mol. The molecular formula is C11H13NO4. The van der Waals surface area contributed by atoms with E-state index in [1.165, 1.54) is 0 Å². The molecule has 0 atom stereocenters. The normalized spacial score (nSPS) is 16.2. The van der Waals surface area contributed by atoms with Gasteiger partial charge in [-0.25, -0.2) is 4.79 Å². The number of hydrogen-bond acceptors (Lipinski definition) is 3. The minimum atomic E-state index is -1.03. The Morgan fingerprint density at radius 1 is 1.44 bits per heavy atom. The summed E-state index contributed by atoms with van der Waals surface area (Å²) < 4.78 is 10.7. The minimum Gasteiger partial charge on any atom is -0.465 e. The van der Waals surface area contributed by atoms with E-state index in [0.29, 0.717) is 13.2 Å². The number of benzene rings is 1. The molecule has 1 aliphatic heterocycles. The van der Waals surface area contributed by atoms with E-state index in [1.54, 1.807) is 0 Å². The van der Waals surface area contributed by atoms with Gasteiger partial charge in [0.1, 0.15) is 0 Å². The fraction of sp³-hybridized carbons (Fsp3) is 0.364. The predicted molar refractivity (Wildman–Crippen MR) is 56.0 cm³/mol. The van der Waals surface area contributed by atoms with E-state index < -0.39 is 6.09 Å². The third-order valence-electron chi connectivity index (χ3n) is 2.29. The first-order chi connectivity index (χ1) is 7.75. The van der Waals surface area contributed by atoms with Crippen molar-refractivity contribution in [2.24, 2.45) is 0 Å². The number of amides is 1. The second-order valence-electron chi connectivity index (χ2n) is 3.48. The van der Waals surface area contributed by atoms with Gasteiger partial charge >= 0.3 is 6.09 Å². The second kappa shape index (κ2) is 4.96. The Kier molecular flexibility index (Phi) is 3.38. The molecule has 0 unspecified atom stereocenters. The molecule has 1 aromatic rings. The zero-order valence-corrected chi connectivity index (χ0v) is 8.68. The number of rotatable bonds is 3. The third-order valence-corrected chi connectivity index (χ3v) is 2.29. The molecule has 1 aliphatic rings. The summed E-state index contributed by atoms with van der Waals surface area (Å²) >= 11 is 0. The smallest absolute Gasteiger partial charge is 0.404 e. The fourth-order valence-corrected chi connectivity index (χ4v) is 1.58. The summed E-state index contributed by atoms with van der Waals surface area (Å²) in [5.74, 6) is 0. The molecule has 5 nitrogen and oxygen atoms in total. The van der Waals surface area contributed by atoms with Gasteiger partial charge in [-0.1, -0.05) is 18.2 Å². The molecule has 16 heavy (non-hydrogen) atoms. The molecule has 0 bridgehead atoms. The van der Waals surface area contributed by atoms with Gasteiger partial charge < -0.3 is 19.9 Å².